The quantitative estimate of drug-likeness (QED) is 0.349. The molecule has 0 aliphatic carbocycles. The smallest absolute Gasteiger partial charge is 0.305 e. The van der Waals surface area contributed by atoms with Crippen LogP contribution in [0.25, 0.3) is 11.1 Å². The van der Waals surface area contributed by atoms with Gasteiger partial charge in [-0.25, -0.2) is 0 Å². The van der Waals surface area contributed by atoms with Crippen molar-refractivity contribution in [1.82, 2.24) is 9.88 Å². The Kier molecular flexibility index (Phi) is 8.05. The van der Waals surface area contributed by atoms with Crippen LogP contribution in [-0.4, -0.2) is 46.4 Å². The molecule has 4 aromatic rings. The van der Waals surface area contributed by atoms with Crippen molar-refractivity contribution in [2.75, 3.05) is 18.5 Å². The highest BCUT2D eigenvalue weighted by Crippen LogP contribution is 2.30. The molecule has 37 heavy (non-hydrogen) atoms. The molecule has 0 radical (unpaired) electrons. The summed E-state index contributed by atoms with van der Waals surface area (Å²) in [7, 11) is 1.68. The van der Waals surface area contributed by atoms with Gasteiger partial charge in [-0.2, -0.15) is 0 Å². The maximum Gasteiger partial charge on any atom is 0.305 e. The molecule has 1 aromatic heterocycles. The Bertz CT molecular complexity index is 1390. The van der Waals surface area contributed by atoms with E-state index < -0.39 is 5.97 Å². The van der Waals surface area contributed by atoms with Gasteiger partial charge in [0.1, 0.15) is 0 Å². The molecule has 0 saturated carbocycles. The lowest BCUT2D eigenvalue weighted by atomic mass is 9.94. The minimum absolute atomic E-state index is 0.0573. The first-order valence-electron chi connectivity index (χ1n) is 11.9. The Morgan fingerprint density at radius 3 is 1.95 bits per heavy atom. The summed E-state index contributed by atoms with van der Waals surface area (Å²) in [5.74, 6) is -1.52. The molecule has 7 nitrogen and oxygen atoms in total. The van der Waals surface area contributed by atoms with Gasteiger partial charge in [-0.05, 0) is 41.0 Å². The molecule has 0 saturated heterocycles. The van der Waals surface area contributed by atoms with Gasteiger partial charge >= 0.3 is 5.97 Å². The van der Waals surface area contributed by atoms with Crippen molar-refractivity contribution in [3.8, 4) is 11.1 Å². The zero-order chi connectivity index (χ0) is 26.2. The zero-order valence-electron chi connectivity index (χ0n) is 20.4. The number of hydrogen-bond acceptors (Lipinski definition) is 4. The highest BCUT2D eigenvalue weighted by Gasteiger charge is 2.24. The molecule has 0 spiro atoms. The van der Waals surface area contributed by atoms with Crippen LogP contribution in [0.2, 0.25) is 0 Å². The number of carboxylic acid groups (broad SMARTS) is 1. The first-order chi connectivity index (χ1) is 18.0. The Morgan fingerprint density at radius 2 is 1.35 bits per heavy atom. The third kappa shape index (κ3) is 6.08. The summed E-state index contributed by atoms with van der Waals surface area (Å²) in [6.45, 7) is 0.327. The topological polar surface area (TPSA) is 90.8 Å². The number of aliphatic carboxylic acids is 1. The van der Waals surface area contributed by atoms with E-state index in [0.29, 0.717) is 27.9 Å². The van der Waals surface area contributed by atoms with Gasteiger partial charge in [-0.15, -0.1) is 0 Å². The minimum Gasteiger partial charge on any atom is -0.481 e. The van der Waals surface area contributed by atoms with Crippen LogP contribution in [0, 0.1) is 0 Å². The van der Waals surface area contributed by atoms with E-state index in [1.165, 1.54) is 9.80 Å². The van der Waals surface area contributed by atoms with Crippen molar-refractivity contribution in [2.24, 2.45) is 0 Å². The predicted molar refractivity (Wildman–Crippen MR) is 142 cm³/mol. The molecule has 0 unspecified atom stereocenters. The molecule has 186 valence electrons. The van der Waals surface area contributed by atoms with E-state index in [4.69, 9.17) is 0 Å². The van der Waals surface area contributed by atoms with Gasteiger partial charge in [0.25, 0.3) is 11.8 Å². The average Bonchev–Trinajstić information content (AvgIpc) is 2.95. The van der Waals surface area contributed by atoms with Crippen LogP contribution in [0.15, 0.2) is 103 Å². The molecule has 7 heteroatoms. The average molecular weight is 494 g/mol. The Morgan fingerprint density at radius 1 is 0.757 bits per heavy atom. The number of hydrogen-bond donors (Lipinski definition) is 1. The highest BCUT2D eigenvalue weighted by molar-refractivity contribution is 6.11. The monoisotopic (exact) mass is 493 g/mol. The number of benzene rings is 3. The lowest BCUT2D eigenvalue weighted by Crippen LogP contribution is -2.33. The van der Waals surface area contributed by atoms with Crippen molar-refractivity contribution >= 4 is 23.5 Å². The molecule has 0 aliphatic rings. The summed E-state index contributed by atoms with van der Waals surface area (Å²) < 4.78 is 0. The summed E-state index contributed by atoms with van der Waals surface area (Å²) in [5.41, 5.74) is 3.60. The van der Waals surface area contributed by atoms with Gasteiger partial charge in [0, 0.05) is 37.5 Å². The summed E-state index contributed by atoms with van der Waals surface area (Å²) in [6.07, 6.45) is 3.08. The van der Waals surface area contributed by atoms with E-state index in [0.717, 1.165) is 5.56 Å². The van der Waals surface area contributed by atoms with Gasteiger partial charge in [0.2, 0.25) is 0 Å². The van der Waals surface area contributed by atoms with Crippen LogP contribution < -0.4 is 4.90 Å². The number of carbonyl (C=O) groups excluding carboxylic acids is 2. The molecule has 1 N–H and O–H groups in total. The molecule has 0 bridgehead atoms. The van der Waals surface area contributed by atoms with E-state index in [2.05, 4.69) is 4.98 Å². The number of carboxylic acids is 1. The lowest BCUT2D eigenvalue weighted by molar-refractivity contribution is -0.137. The van der Waals surface area contributed by atoms with E-state index in [9.17, 15) is 19.5 Å². The fraction of sp³-hybridized carbons (Fsp3) is 0.133. The van der Waals surface area contributed by atoms with Gasteiger partial charge in [-0.3, -0.25) is 19.4 Å². The Balaban J connectivity index is 1.72. The molecule has 2 amide bonds. The third-order valence-electron chi connectivity index (χ3n) is 6.04. The highest BCUT2D eigenvalue weighted by atomic mass is 16.4. The standard InChI is InChI=1S/C30H27N3O4/c1-32(23-12-9-18-31-20-23)29(36)26-15-7-5-13-24(26)25-14-6-8-16-27(25)30(37)33(19-17-28(34)35)21-22-10-3-2-4-11-22/h2-16,18,20H,17,19,21H2,1H3,(H,34,35). The van der Waals surface area contributed by atoms with Crippen molar-refractivity contribution in [3.63, 3.8) is 0 Å². The first kappa shape index (κ1) is 25.3. The fourth-order valence-electron chi connectivity index (χ4n) is 4.12. The maximum absolute atomic E-state index is 13.8. The van der Waals surface area contributed by atoms with Crippen molar-refractivity contribution in [1.29, 1.82) is 0 Å². The number of anilines is 1. The summed E-state index contributed by atoms with van der Waals surface area (Å²) >= 11 is 0. The predicted octanol–water partition coefficient (Wildman–Crippen LogP) is 5.14. The second kappa shape index (κ2) is 11.8. The van der Waals surface area contributed by atoms with Gasteiger partial charge in [0.05, 0.1) is 18.3 Å². The van der Waals surface area contributed by atoms with E-state index in [-0.39, 0.29) is 31.3 Å². The number of carbonyl (C=O) groups is 3. The van der Waals surface area contributed by atoms with Crippen LogP contribution in [0.5, 0.6) is 0 Å². The second-order valence-electron chi connectivity index (χ2n) is 8.52. The molecule has 0 fully saturated rings. The zero-order valence-corrected chi connectivity index (χ0v) is 20.4. The normalized spacial score (nSPS) is 10.5. The molecule has 0 atom stereocenters. The fourth-order valence-corrected chi connectivity index (χ4v) is 4.12. The van der Waals surface area contributed by atoms with E-state index in [1.54, 1.807) is 61.9 Å². The van der Waals surface area contributed by atoms with E-state index >= 15 is 0 Å². The third-order valence-corrected chi connectivity index (χ3v) is 6.04. The summed E-state index contributed by atoms with van der Waals surface area (Å²) in [6, 6.07) is 27.3. The number of pyridine rings is 1. The first-order valence-corrected chi connectivity index (χ1v) is 11.9. The van der Waals surface area contributed by atoms with Crippen LogP contribution in [0.4, 0.5) is 5.69 Å². The van der Waals surface area contributed by atoms with Gasteiger partial charge in [0.15, 0.2) is 0 Å². The van der Waals surface area contributed by atoms with Crippen molar-refractivity contribution in [3.05, 3.63) is 120 Å². The van der Waals surface area contributed by atoms with Gasteiger partial charge < -0.3 is 14.9 Å². The van der Waals surface area contributed by atoms with E-state index in [1.807, 2.05) is 48.5 Å². The molecular formula is C30H27N3O4. The van der Waals surface area contributed by atoms with Crippen LogP contribution >= 0.6 is 0 Å². The van der Waals surface area contributed by atoms with Crippen LogP contribution in [0.1, 0.15) is 32.7 Å². The molecule has 4 rings (SSSR count). The van der Waals surface area contributed by atoms with Crippen molar-refractivity contribution < 1.29 is 19.5 Å². The number of amides is 2. The molecule has 3 aromatic carbocycles. The lowest BCUT2D eigenvalue weighted by Gasteiger charge is -2.24. The second-order valence-corrected chi connectivity index (χ2v) is 8.52. The largest absolute Gasteiger partial charge is 0.481 e. The Labute approximate surface area is 215 Å². The summed E-state index contributed by atoms with van der Waals surface area (Å²) in [5, 5.41) is 9.27. The SMILES string of the molecule is CN(C(=O)c1ccccc1-c1ccccc1C(=O)N(CCC(=O)O)Cc1ccccc1)c1cccnc1. The minimum atomic E-state index is -0.978. The van der Waals surface area contributed by atoms with Crippen LogP contribution in [0.3, 0.4) is 0 Å². The van der Waals surface area contributed by atoms with Gasteiger partial charge in [-0.1, -0.05) is 66.7 Å². The Hall–Kier alpha value is -4.78. The number of aromatic nitrogens is 1. The summed E-state index contributed by atoms with van der Waals surface area (Å²) in [4.78, 5) is 45.8. The maximum atomic E-state index is 13.8. The molecular weight excluding hydrogens is 466 g/mol. The van der Waals surface area contributed by atoms with Crippen molar-refractivity contribution in [2.45, 2.75) is 13.0 Å². The molecule has 1 heterocycles. The number of rotatable bonds is 9. The number of nitrogens with zero attached hydrogens (tertiary/aromatic N) is 3. The van der Waals surface area contributed by atoms with Crippen LogP contribution in [-0.2, 0) is 11.3 Å². The molecule has 0 aliphatic heterocycles.